The molecule has 0 spiro atoms. The Labute approximate surface area is 199 Å². The number of hydrogen-bond donors (Lipinski definition) is 4. The lowest BCUT2D eigenvalue weighted by molar-refractivity contribution is -0.117. The van der Waals surface area contributed by atoms with E-state index >= 15 is 0 Å². The van der Waals surface area contributed by atoms with Crippen LogP contribution in [0.2, 0.25) is 0 Å². The summed E-state index contributed by atoms with van der Waals surface area (Å²) in [7, 11) is 0. The number of unbranched alkanes of at least 4 members (excludes halogenated alkanes) is 2. The van der Waals surface area contributed by atoms with E-state index in [1.165, 1.54) is 0 Å². The van der Waals surface area contributed by atoms with Crippen LogP contribution < -0.4 is 21.7 Å². The maximum Gasteiger partial charge on any atom is 0.315 e. The SMILES string of the molecule is CC(=O)CCCCC1SCC2NC(=O)NC21.CC(=O)CCCCC1SCC2NC(N)=NC21. The van der Waals surface area contributed by atoms with Crippen molar-refractivity contribution in [3.8, 4) is 0 Å². The van der Waals surface area contributed by atoms with Gasteiger partial charge in [0.2, 0.25) is 0 Å². The van der Waals surface area contributed by atoms with Crippen molar-refractivity contribution in [2.24, 2.45) is 10.7 Å². The van der Waals surface area contributed by atoms with Crippen LogP contribution >= 0.6 is 23.5 Å². The molecule has 0 bridgehead atoms. The molecule has 4 heterocycles. The Bertz CT molecular complexity index is 720. The maximum absolute atomic E-state index is 11.1. The maximum atomic E-state index is 11.1. The minimum Gasteiger partial charge on any atom is -0.370 e. The normalized spacial score (nSPS) is 32.1. The van der Waals surface area contributed by atoms with Crippen LogP contribution in [0, 0.1) is 0 Å². The standard InChI is InChI=1S/C11H19N3OS.C11H18N2O2S/c1-7(15)4-2-3-5-9-10-8(6-16-9)13-11(12)14-10;1-7(14)4-2-3-5-9-10-8(6-16-9)12-11(15)13-10/h8-10H,2-6H2,1H3,(H3,12,13,14);8-10H,2-6H2,1H3,(H2,12,13,15). The van der Waals surface area contributed by atoms with Gasteiger partial charge in [0, 0.05) is 34.8 Å². The van der Waals surface area contributed by atoms with Crippen LogP contribution in [-0.2, 0) is 9.59 Å². The number of guanidine groups is 1. The molecule has 4 aliphatic heterocycles. The van der Waals surface area contributed by atoms with Gasteiger partial charge < -0.3 is 31.3 Å². The van der Waals surface area contributed by atoms with E-state index in [9.17, 15) is 14.4 Å². The number of carbonyl (C=O) groups is 3. The van der Waals surface area contributed by atoms with Crippen molar-refractivity contribution in [1.29, 1.82) is 0 Å². The van der Waals surface area contributed by atoms with Crippen molar-refractivity contribution in [3.63, 3.8) is 0 Å². The first kappa shape index (κ1) is 25.2. The number of nitrogens with zero attached hydrogens (tertiary/aromatic N) is 1. The fraction of sp³-hybridized carbons (Fsp3) is 0.818. The summed E-state index contributed by atoms with van der Waals surface area (Å²) in [4.78, 5) is 37.2. The van der Waals surface area contributed by atoms with Crippen LogP contribution in [0.3, 0.4) is 0 Å². The summed E-state index contributed by atoms with van der Waals surface area (Å²) < 4.78 is 0. The van der Waals surface area contributed by atoms with E-state index < -0.39 is 0 Å². The molecule has 6 unspecified atom stereocenters. The molecule has 32 heavy (non-hydrogen) atoms. The molecule has 3 saturated heterocycles. The minimum atomic E-state index is -0.0240. The van der Waals surface area contributed by atoms with E-state index in [0.717, 1.165) is 56.5 Å². The van der Waals surface area contributed by atoms with E-state index in [4.69, 9.17) is 5.73 Å². The number of aliphatic imine (C=N–C) groups is 1. The first-order valence-corrected chi connectivity index (χ1v) is 13.8. The molecular formula is C22H37N5O3S2. The zero-order valence-electron chi connectivity index (χ0n) is 19.1. The molecule has 3 fully saturated rings. The van der Waals surface area contributed by atoms with Crippen LogP contribution in [0.15, 0.2) is 4.99 Å². The Morgan fingerprint density at radius 2 is 1.50 bits per heavy atom. The van der Waals surface area contributed by atoms with Gasteiger partial charge in [-0.2, -0.15) is 23.5 Å². The summed E-state index contributed by atoms with van der Waals surface area (Å²) in [6.07, 6.45) is 7.84. The highest BCUT2D eigenvalue weighted by molar-refractivity contribution is 8.00. The zero-order chi connectivity index (χ0) is 23.1. The smallest absolute Gasteiger partial charge is 0.315 e. The van der Waals surface area contributed by atoms with Gasteiger partial charge in [0.25, 0.3) is 0 Å². The van der Waals surface area contributed by atoms with Gasteiger partial charge in [-0.3, -0.25) is 0 Å². The highest BCUT2D eigenvalue weighted by Crippen LogP contribution is 2.35. The monoisotopic (exact) mass is 483 g/mol. The summed E-state index contributed by atoms with van der Waals surface area (Å²) >= 11 is 3.92. The van der Waals surface area contributed by atoms with Crippen molar-refractivity contribution in [2.45, 2.75) is 99.9 Å². The van der Waals surface area contributed by atoms with Gasteiger partial charge in [-0.05, 0) is 39.5 Å². The molecule has 0 saturated carbocycles. The van der Waals surface area contributed by atoms with Gasteiger partial charge in [-0.1, -0.05) is 12.8 Å². The lowest BCUT2D eigenvalue weighted by atomic mass is 10.0. The topological polar surface area (TPSA) is 126 Å². The van der Waals surface area contributed by atoms with Crippen LogP contribution in [0.25, 0.3) is 0 Å². The van der Waals surface area contributed by atoms with Crippen LogP contribution in [0.5, 0.6) is 0 Å². The van der Waals surface area contributed by atoms with E-state index in [-0.39, 0.29) is 11.8 Å². The second-order valence-corrected chi connectivity index (χ2v) is 11.7. The Balaban J connectivity index is 0.000000181. The number of thioether (sulfide) groups is 2. The molecule has 4 rings (SSSR count). The second kappa shape index (κ2) is 12.2. The molecule has 0 aromatic carbocycles. The lowest BCUT2D eigenvalue weighted by Gasteiger charge is -2.16. The Morgan fingerprint density at radius 3 is 2.16 bits per heavy atom. The summed E-state index contributed by atoms with van der Waals surface area (Å²) in [5.74, 6) is 3.28. The van der Waals surface area contributed by atoms with Crippen molar-refractivity contribution in [1.82, 2.24) is 16.0 Å². The number of amides is 2. The third-order valence-electron chi connectivity index (χ3n) is 6.38. The average Bonchev–Trinajstić information content (AvgIpc) is 3.45. The largest absolute Gasteiger partial charge is 0.370 e. The lowest BCUT2D eigenvalue weighted by Crippen LogP contribution is -2.38. The van der Waals surface area contributed by atoms with Gasteiger partial charge in [0.05, 0.1) is 24.2 Å². The number of carbonyl (C=O) groups excluding carboxylic acids is 3. The van der Waals surface area contributed by atoms with Crippen molar-refractivity contribution >= 4 is 47.1 Å². The predicted molar refractivity (Wildman–Crippen MR) is 132 cm³/mol. The first-order valence-electron chi connectivity index (χ1n) is 11.7. The Morgan fingerprint density at radius 1 is 0.906 bits per heavy atom. The fourth-order valence-corrected chi connectivity index (χ4v) is 7.77. The zero-order valence-corrected chi connectivity index (χ0v) is 20.7. The van der Waals surface area contributed by atoms with Crippen LogP contribution in [-0.4, -0.2) is 69.7 Å². The number of Topliss-reactive ketones (excluding diaryl/α,β-unsaturated/α-hetero) is 2. The molecule has 5 N–H and O–H groups in total. The second-order valence-electron chi connectivity index (χ2n) is 9.15. The van der Waals surface area contributed by atoms with Gasteiger partial charge in [0.1, 0.15) is 11.6 Å². The van der Waals surface area contributed by atoms with E-state index in [1.807, 2.05) is 23.5 Å². The molecule has 0 aromatic heterocycles. The number of ketones is 2. The molecule has 0 aliphatic carbocycles. The molecule has 2 amide bonds. The number of rotatable bonds is 10. The van der Waals surface area contributed by atoms with Crippen LogP contribution in [0.1, 0.15) is 65.2 Å². The highest BCUT2D eigenvalue weighted by atomic mass is 32.2. The van der Waals surface area contributed by atoms with E-state index in [2.05, 4.69) is 20.9 Å². The third kappa shape index (κ3) is 7.30. The molecule has 6 atom stereocenters. The summed E-state index contributed by atoms with van der Waals surface area (Å²) in [6.45, 7) is 3.30. The molecule has 0 radical (unpaired) electrons. The van der Waals surface area contributed by atoms with Gasteiger partial charge in [-0.25, -0.2) is 9.79 Å². The molecule has 4 aliphatic rings. The summed E-state index contributed by atoms with van der Waals surface area (Å²) in [5.41, 5.74) is 5.67. The predicted octanol–water partition coefficient (Wildman–Crippen LogP) is 2.21. The van der Waals surface area contributed by atoms with E-state index in [0.29, 0.717) is 52.8 Å². The highest BCUT2D eigenvalue weighted by Gasteiger charge is 2.42. The molecular weight excluding hydrogens is 446 g/mol. The molecule has 10 heteroatoms. The Hall–Kier alpha value is -1.42. The van der Waals surface area contributed by atoms with Gasteiger partial charge in [-0.15, -0.1) is 0 Å². The number of fused-ring (bicyclic) bond motifs is 2. The number of nitrogens with two attached hydrogens (primary N) is 1. The van der Waals surface area contributed by atoms with E-state index in [1.54, 1.807) is 13.8 Å². The molecule has 0 aromatic rings. The van der Waals surface area contributed by atoms with Crippen molar-refractivity contribution in [2.75, 3.05) is 11.5 Å². The Kier molecular flexibility index (Phi) is 9.58. The average molecular weight is 484 g/mol. The van der Waals surface area contributed by atoms with Crippen molar-refractivity contribution in [3.05, 3.63) is 0 Å². The van der Waals surface area contributed by atoms with Gasteiger partial charge in [0.15, 0.2) is 5.96 Å². The molecule has 8 nitrogen and oxygen atoms in total. The molecule has 180 valence electrons. The number of nitrogens with one attached hydrogen (secondary N) is 3. The minimum absolute atomic E-state index is 0.0240. The van der Waals surface area contributed by atoms with Gasteiger partial charge >= 0.3 is 6.03 Å². The van der Waals surface area contributed by atoms with Crippen LogP contribution in [0.4, 0.5) is 4.79 Å². The number of urea groups is 1. The third-order valence-corrected chi connectivity index (χ3v) is 9.38. The van der Waals surface area contributed by atoms with Crippen molar-refractivity contribution < 1.29 is 14.4 Å². The quantitative estimate of drug-likeness (QED) is 0.277. The summed E-state index contributed by atoms with van der Waals surface area (Å²) in [5, 5.41) is 10.2. The number of hydrogen-bond acceptors (Lipinski definition) is 8. The first-order chi connectivity index (χ1) is 15.3. The summed E-state index contributed by atoms with van der Waals surface area (Å²) in [6, 6.07) is 1.40. The fourth-order valence-electron chi connectivity index (χ4n) is 4.71.